The second-order valence-electron chi connectivity index (χ2n) is 10.3. The maximum atomic E-state index is 12.7. The van der Waals surface area contributed by atoms with Crippen LogP contribution in [0.5, 0.6) is 0 Å². The Balaban J connectivity index is 0.980. The number of fused-ring (bicyclic) bond motifs is 1. The Kier molecular flexibility index (Phi) is 7.59. The van der Waals surface area contributed by atoms with Crippen molar-refractivity contribution in [3.63, 3.8) is 0 Å². The molecule has 3 aliphatic rings. The van der Waals surface area contributed by atoms with Crippen LogP contribution in [0.25, 0.3) is 5.65 Å². The summed E-state index contributed by atoms with van der Waals surface area (Å²) >= 11 is 0. The lowest BCUT2D eigenvalue weighted by atomic mass is 9.96. The summed E-state index contributed by atoms with van der Waals surface area (Å²) in [6.07, 6.45) is 9.59. The molecular formula is C25H40N8O. The number of anilines is 1. The topological polar surface area (TPSA) is 81.9 Å². The molecule has 0 radical (unpaired) electrons. The first-order chi connectivity index (χ1) is 16.7. The summed E-state index contributed by atoms with van der Waals surface area (Å²) in [5.74, 6) is 2.05. The van der Waals surface area contributed by atoms with E-state index < -0.39 is 0 Å². The lowest BCUT2D eigenvalue weighted by molar-refractivity contribution is -0.125. The summed E-state index contributed by atoms with van der Waals surface area (Å²) < 4.78 is 1.78. The molecule has 9 nitrogen and oxygen atoms in total. The van der Waals surface area contributed by atoms with E-state index in [0.717, 1.165) is 68.8 Å². The molecule has 3 aliphatic heterocycles. The molecule has 9 heteroatoms. The van der Waals surface area contributed by atoms with E-state index >= 15 is 0 Å². The van der Waals surface area contributed by atoms with E-state index in [0.29, 0.717) is 0 Å². The zero-order valence-corrected chi connectivity index (χ0v) is 20.7. The number of hydrogen-bond donors (Lipinski definition) is 1. The minimum atomic E-state index is 0.108. The van der Waals surface area contributed by atoms with E-state index in [1.54, 1.807) is 4.52 Å². The first kappa shape index (κ1) is 23.5. The normalized spacial score (nSPS) is 21.9. The monoisotopic (exact) mass is 468 g/mol. The van der Waals surface area contributed by atoms with E-state index in [1.165, 1.54) is 58.3 Å². The Morgan fingerprint density at radius 3 is 2.50 bits per heavy atom. The van der Waals surface area contributed by atoms with Gasteiger partial charge >= 0.3 is 0 Å². The second kappa shape index (κ2) is 11.0. The van der Waals surface area contributed by atoms with Crippen molar-refractivity contribution in [1.29, 1.82) is 0 Å². The first-order valence-corrected chi connectivity index (χ1v) is 13.4. The molecule has 34 heavy (non-hydrogen) atoms. The summed E-state index contributed by atoms with van der Waals surface area (Å²) in [6.45, 7) is 10.5. The molecule has 0 bridgehead atoms. The fraction of sp³-hybridized carbons (Fsp3) is 0.760. The first-order valence-electron chi connectivity index (χ1n) is 13.4. The number of nitrogens with one attached hydrogen (secondary N) is 1. The Bertz CT molecular complexity index is 940. The van der Waals surface area contributed by atoms with Crippen LogP contribution in [0.1, 0.15) is 57.2 Å². The van der Waals surface area contributed by atoms with Crippen LogP contribution in [0, 0.1) is 12.8 Å². The van der Waals surface area contributed by atoms with Crippen LogP contribution < -0.4 is 10.2 Å². The van der Waals surface area contributed by atoms with Crippen LogP contribution >= 0.6 is 0 Å². The van der Waals surface area contributed by atoms with Crippen LogP contribution in [0.2, 0.25) is 0 Å². The number of likely N-dealkylation sites (tertiary alicyclic amines) is 2. The largest absolute Gasteiger partial charge is 0.356 e. The van der Waals surface area contributed by atoms with Gasteiger partial charge in [-0.2, -0.15) is 4.52 Å². The molecule has 0 saturated carbocycles. The highest BCUT2D eigenvalue weighted by Crippen LogP contribution is 2.23. The van der Waals surface area contributed by atoms with Gasteiger partial charge in [0.05, 0.1) is 0 Å². The van der Waals surface area contributed by atoms with Gasteiger partial charge in [-0.3, -0.25) is 4.79 Å². The third-order valence-electron chi connectivity index (χ3n) is 8.01. The van der Waals surface area contributed by atoms with Crippen molar-refractivity contribution in [3.05, 3.63) is 18.0 Å². The Labute approximate surface area is 202 Å². The Morgan fingerprint density at radius 1 is 0.971 bits per heavy atom. The molecular weight excluding hydrogens is 428 g/mol. The molecule has 0 aliphatic carbocycles. The van der Waals surface area contributed by atoms with Gasteiger partial charge in [0.2, 0.25) is 5.91 Å². The van der Waals surface area contributed by atoms with Gasteiger partial charge in [-0.05, 0) is 96.7 Å². The van der Waals surface area contributed by atoms with Crippen LogP contribution in [0.3, 0.4) is 0 Å². The molecule has 3 saturated heterocycles. The number of carbonyl (C=O) groups excluding carboxylic acids is 1. The number of nitrogens with zero attached hydrogens (tertiary/aromatic N) is 7. The van der Waals surface area contributed by atoms with E-state index in [2.05, 4.69) is 35.3 Å². The lowest BCUT2D eigenvalue weighted by Crippen LogP contribution is -2.47. The average molecular weight is 469 g/mol. The molecule has 1 N–H and O–H groups in total. The van der Waals surface area contributed by atoms with Crippen LogP contribution in [0.4, 0.5) is 5.82 Å². The summed E-state index contributed by atoms with van der Waals surface area (Å²) in [6, 6.07) is 4.76. The summed E-state index contributed by atoms with van der Waals surface area (Å²) in [5, 5.41) is 16.1. The fourth-order valence-corrected chi connectivity index (χ4v) is 5.88. The van der Waals surface area contributed by atoms with Gasteiger partial charge in [-0.25, -0.2) is 0 Å². The lowest BCUT2D eigenvalue weighted by Gasteiger charge is -2.40. The predicted octanol–water partition coefficient (Wildman–Crippen LogP) is 2.11. The summed E-state index contributed by atoms with van der Waals surface area (Å²) in [5.41, 5.74) is 0.766. The van der Waals surface area contributed by atoms with E-state index in [9.17, 15) is 4.79 Å². The number of carbonyl (C=O) groups is 1. The third-order valence-corrected chi connectivity index (χ3v) is 8.01. The molecule has 3 fully saturated rings. The molecule has 5 rings (SSSR count). The second-order valence-corrected chi connectivity index (χ2v) is 10.3. The van der Waals surface area contributed by atoms with Crippen molar-refractivity contribution < 1.29 is 4.79 Å². The zero-order valence-electron chi connectivity index (χ0n) is 20.7. The number of rotatable bonds is 7. The number of amides is 1. The number of piperidine rings is 3. The quantitative estimate of drug-likeness (QED) is 0.623. The molecule has 2 aromatic rings. The van der Waals surface area contributed by atoms with Crippen molar-refractivity contribution in [2.75, 3.05) is 57.3 Å². The highest BCUT2D eigenvalue weighted by atomic mass is 16.1. The van der Waals surface area contributed by atoms with Gasteiger partial charge in [0, 0.05) is 31.6 Å². The highest BCUT2D eigenvalue weighted by Gasteiger charge is 2.27. The Morgan fingerprint density at radius 2 is 1.74 bits per heavy atom. The van der Waals surface area contributed by atoms with Crippen LogP contribution in [-0.4, -0.2) is 93.9 Å². The number of aryl methyl sites for hydroxylation is 1. The van der Waals surface area contributed by atoms with Crippen molar-refractivity contribution >= 4 is 17.4 Å². The molecule has 5 heterocycles. The maximum Gasteiger partial charge on any atom is 0.223 e. The molecule has 1 amide bonds. The molecule has 186 valence electrons. The SMILES string of the molecule is Cc1nnc2ccc(N3CCC(C(=O)NCCCN4CCC(N5CCCCC5)CC4)CC3)nn12. The van der Waals surface area contributed by atoms with Gasteiger partial charge in [0.15, 0.2) is 11.5 Å². The molecule has 2 aromatic heterocycles. The highest BCUT2D eigenvalue weighted by molar-refractivity contribution is 5.78. The number of aromatic nitrogens is 4. The number of hydrogen-bond acceptors (Lipinski definition) is 7. The van der Waals surface area contributed by atoms with Gasteiger partial charge < -0.3 is 20.0 Å². The maximum absolute atomic E-state index is 12.7. The Hall–Kier alpha value is -2.26. The molecule has 0 aromatic carbocycles. The predicted molar refractivity (Wildman–Crippen MR) is 133 cm³/mol. The summed E-state index contributed by atoms with van der Waals surface area (Å²) in [7, 11) is 0. The minimum absolute atomic E-state index is 0.108. The average Bonchev–Trinajstić information content (AvgIpc) is 3.27. The van der Waals surface area contributed by atoms with Crippen molar-refractivity contribution in [2.45, 2.75) is 64.3 Å². The zero-order chi connectivity index (χ0) is 23.3. The molecule has 0 atom stereocenters. The fourth-order valence-electron chi connectivity index (χ4n) is 5.88. The third kappa shape index (κ3) is 5.51. The smallest absolute Gasteiger partial charge is 0.223 e. The van der Waals surface area contributed by atoms with Gasteiger partial charge in [0.1, 0.15) is 5.82 Å². The summed E-state index contributed by atoms with van der Waals surface area (Å²) in [4.78, 5) is 20.3. The molecule has 0 spiro atoms. The van der Waals surface area contributed by atoms with Crippen LogP contribution in [0.15, 0.2) is 12.1 Å². The van der Waals surface area contributed by atoms with Crippen LogP contribution in [-0.2, 0) is 4.79 Å². The van der Waals surface area contributed by atoms with Crippen molar-refractivity contribution in [2.24, 2.45) is 5.92 Å². The van der Waals surface area contributed by atoms with E-state index in [4.69, 9.17) is 0 Å². The van der Waals surface area contributed by atoms with Crippen molar-refractivity contribution in [1.82, 2.24) is 34.9 Å². The standard InChI is InChI=1S/C25H40N8O/c1-20-27-28-23-6-7-24(29-33(20)23)32-18-8-21(9-19-32)25(34)26-12-5-13-30-16-10-22(11-17-30)31-14-3-2-4-15-31/h6-7,21-22H,2-5,8-19H2,1H3,(H,26,34). The van der Waals surface area contributed by atoms with Gasteiger partial charge in [-0.15, -0.1) is 15.3 Å². The molecule has 0 unspecified atom stereocenters. The van der Waals surface area contributed by atoms with Gasteiger partial charge in [0.25, 0.3) is 0 Å². The van der Waals surface area contributed by atoms with E-state index in [1.807, 2.05) is 19.1 Å². The van der Waals surface area contributed by atoms with E-state index in [-0.39, 0.29) is 11.8 Å². The van der Waals surface area contributed by atoms with Gasteiger partial charge in [-0.1, -0.05) is 6.42 Å². The van der Waals surface area contributed by atoms with Crippen molar-refractivity contribution in [3.8, 4) is 0 Å². The minimum Gasteiger partial charge on any atom is -0.356 e.